The molecule has 17 heavy (non-hydrogen) atoms. The maximum Gasteiger partial charge on any atom is 0.417 e. The van der Waals surface area contributed by atoms with E-state index in [1.54, 1.807) is 0 Å². The zero-order valence-corrected chi connectivity index (χ0v) is 8.34. The van der Waals surface area contributed by atoms with Crippen molar-refractivity contribution in [3.8, 4) is 11.8 Å². The van der Waals surface area contributed by atoms with Crippen LogP contribution >= 0.6 is 0 Å². The molecule has 0 radical (unpaired) electrons. The molecule has 6 heteroatoms. The molecule has 0 saturated heterocycles. The second-order valence-corrected chi connectivity index (χ2v) is 3.03. The van der Waals surface area contributed by atoms with Crippen LogP contribution in [0.25, 0.3) is 0 Å². The quantitative estimate of drug-likeness (QED) is 0.596. The van der Waals surface area contributed by atoms with Gasteiger partial charge in [0.15, 0.2) is 6.29 Å². The van der Waals surface area contributed by atoms with Crippen LogP contribution in [0.2, 0.25) is 0 Å². The number of primary amides is 1. The fourth-order valence-electron chi connectivity index (χ4n) is 1.12. The Morgan fingerprint density at radius 3 is 2.47 bits per heavy atom. The molecule has 0 aliphatic carbocycles. The highest BCUT2D eigenvalue weighted by Gasteiger charge is 2.33. The van der Waals surface area contributed by atoms with Gasteiger partial charge in [-0.05, 0) is 24.1 Å². The molecule has 0 bridgehead atoms. The molecule has 1 aromatic rings. The lowest BCUT2D eigenvalue weighted by atomic mass is 10.0. The van der Waals surface area contributed by atoms with Crippen LogP contribution in [0.4, 0.5) is 13.2 Å². The number of amides is 1. The first-order chi connectivity index (χ1) is 7.84. The third-order valence-corrected chi connectivity index (χ3v) is 1.82. The maximum absolute atomic E-state index is 12.5. The summed E-state index contributed by atoms with van der Waals surface area (Å²) in [4.78, 5) is 20.8. The van der Waals surface area contributed by atoms with Gasteiger partial charge < -0.3 is 5.73 Å². The van der Waals surface area contributed by atoms with Crippen molar-refractivity contribution in [2.75, 3.05) is 0 Å². The Hall–Kier alpha value is -2.29. The molecule has 0 saturated carbocycles. The van der Waals surface area contributed by atoms with Crippen molar-refractivity contribution >= 4 is 12.2 Å². The van der Waals surface area contributed by atoms with Crippen LogP contribution in [0.3, 0.4) is 0 Å². The molecule has 0 atom stereocenters. The van der Waals surface area contributed by atoms with Gasteiger partial charge in [-0.3, -0.25) is 9.59 Å². The van der Waals surface area contributed by atoms with E-state index >= 15 is 0 Å². The van der Waals surface area contributed by atoms with Gasteiger partial charge in [-0.15, -0.1) is 0 Å². The average Bonchev–Trinajstić information content (AvgIpc) is 2.24. The van der Waals surface area contributed by atoms with Crippen LogP contribution in [-0.4, -0.2) is 12.2 Å². The van der Waals surface area contributed by atoms with E-state index in [2.05, 4.69) is 5.92 Å². The number of alkyl halides is 3. The molecule has 1 rings (SSSR count). The molecule has 1 amide bonds. The number of nitrogens with two attached hydrogens (primary N) is 1. The van der Waals surface area contributed by atoms with Gasteiger partial charge in [-0.2, -0.15) is 13.2 Å². The standard InChI is InChI=1S/C11H6F3NO2/c12-11(13,14)9-5-7(2-4-10(15)17)1-3-8(9)6-16/h1,3,5-6H,(H2,15,17). The Balaban J connectivity index is 3.29. The van der Waals surface area contributed by atoms with Gasteiger partial charge in [-0.1, -0.05) is 5.92 Å². The van der Waals surface area contributed by atoms with Crippen LogP contribution in [-0.2, 0) is 11.0 Å². The summed E-state index contributed by atoms with van der Waals surface area (Å²) in [5, 5.41) is 0. The predicted octanol–water partition coefficient (Wildman–Crippen LogP) is 1.35. The van der Waals surface area contributed by atoms with Gasteiger partial charge in [0.25, 0.3) is 5.91 Å². The van der Waals surface area contributed by atoms with Crippen molar-refractivity contribution in [2.45, 2.75) is 6.18 Å². The average molecular weight is 241 g/mol. The van der Waals surface area contributed by atoms with E-state index < -0.39 is 23.2 Å². The molecule has 0 aromatic heterocycles. The van der Waals surface area contributed by atoms with Gasteiger partial charge in [0.1, 0.15) is 0 Å². The minimum atomic E-state index is -4.65. The molecular weight excluding hydrogens is 235 g/mol. The Morgan fingerprint density at radius 2 is 2.00 bits per heavy atom. The molecule has 0 aliphatic heterocycles. The third-order valence-electron chi connectivity index (χ3n) is 1.82. The summed E-state index contributed by atoms with van der Waals surface area (Å²) in [6, 6.07) is 2.88. The number of hydrogen-bond donors (Lipinski definition) is 1. The molecular formula is C11H6F3NO2. The maximum atomic E-state index is 12.5. The third kappa shape index (κ3) is 3.34. The SMILES string of the molecule is NC(=O)C#Cc1ccc(C=O)c(C(F)(F)F)c1. The highest BCUT2D eigenvalue weighted by Crippen LogP contribution is 2.31. The van der Waals surface area contributed by atoms with Gasteiger partial charge in [-0.25, -0.2) is 0 Å². The summed E-state index contributed by atoms with van der Waals surface area (Å²) in [7, 11) is 0. The number of carbonyl (C=O) groups excluding carboxylic acids is 2. The molecule has 88 valence electrons. The summed E-state index contributed by atoms with van der Waals surface area (Å²) in [5.41, 5.74) is 3.11. The lowest BCUT2D eigenvalue weighted by Gasteiger charge is -2.09. The van der Waals surface area contributed by atoms with E-state index in [1.807, 2.05) is 5.92 Å². The molecule has 0 aliphatic rings. The highest BCUT2D eigenvalue weighted by molar-refractivity contribution is 5.92. The lowest BCUT2D eigenvalue weighted by Crippen LogP contribution is -2.09. The largest absolute Gasteiger partial charge is 0.417 e. The Bertz CT molecular complexity index is 524. The topological polar surface area (TPSA) is 60.2 Å². The molecule has 0 fully saturated rings. The summed E-state index contributed by atoms with van der Waals surface area (Å²) < 4.78 is 37.5. The summed E-state index contributed by atoms with van der Waals surface area (Å²) in [5.74, 6) is 3.13. The van der Waals surface area contributed by atoms with E-state index in [0.717, 1.165) is 6.07 Å². The number of aldehydes is 1. The van der Waals surface area contributed by atoms with Crippen molar-refractivity contribution in [1.29, 1.82) is 0 Å². The normalized spacial score (nSPS) is 10.3. The first-order valence-electron chi connectivity index (χ1n) is 4.32. The van der Waals surface area contributed by atoms with E-state index in [-0.39, 0.29) is 11.8 Å². The minimum Gasteiger partial charge on any atom is -0.359 e. The fourth-order valence-corrected chi connectivity index (χ4v) is 1.12. The van der Waals surface area contributed by atoms with Gasteiger partial charge in [0.2, 0.25) is 0 Å². The second kappa shape index (κ2) is 4.70. The van der Waals surface area contributed by atoms with Crippen LogP contribution in [0, 0.1) is 11.8 Å². The van der Waals surface area contributed by atoms with Crippen LogP contribution in [0.5, 0.6) is 0 Å². The molecule has 0 heterocycles. The number of halogens is 3. The van der Waals surface area contributed by atoms with Crippen molar-refractivity contribution in [1.82, 2.24) is 0 Å². The zero-order chi connectivity index (χ0) is 13.1. The summed E-state index contributed by atoms with van der Waals surface area (Å²) in [6.45, 7) is 0. The summed E-state index contributed by atoms with van der Waals surface area (Å²) >= 11 is 0. The zero-order valence-electron chi connectivity index (χ0n) is 8.34. The molecule has 1 aromatic carbocycles. The van der Waals surface area contributed by atoms with Crippen LogP contribution in [0.1, 0.15) is 21.5 Å². The molecule has 3 nitrogen and oxygen atoms in total. The van der Waals surface area contributed by atoms with Crippen molar-refractivity contribution < 1.29 is 22.8 Å². The van der Waals surface area contributed by atoms with Crippen LogP contribution < -0.4 is 5.73 Å². The highest BCUT2D eigenvalue weighted by atomic mass is 19.4. The van der Waals surface area contributed by atoms with Crippen LogP contribution in [0.15, 0.2) is 18.2 Å². The number of carbonyl (C=O) groups is 2. The Labute approximate surface area is 94.4 Å². The van der Waals surface area contributed by atoms with Gasteiger partial charge in [0, 0.05) is 11.1 Å². The first kappa shape index (κ1) is 12.8. The van der Waals surface area contributed by atoms with Gasteiger partial charge in [0.05, 0.1) is 5.56 Å². The number of benzene rings is 1. The lowest BCUT2D eigenvalue weighted by molar-refractivity contribution is -0.137. The summed E-state index contributed by atoms with van der Waals surface area (Å²) in [6.07, 6.45) is -4.55. The monoisotopic (exact) mass is 241 g/mol. The fraction of sp³-hybridized carbons (Fsp3) is 0.0909. The Morgan fingerprint density at radius 1 is 1.35 bits per heavy atom. The van der Waals surface area contributed by atoms with E-state index in [0.29, 0.717) is 6.07 Å². The van der Waals surface area contributed by atoms with E-state index in [9.17, 15) is 22.8 Å². The minimum absolute atomic E-state index is 0.0401. The van der Waals surface area contributed by atoms with E-state index in [4.69, 9.17) is 5.73 Å². The molecule has 2 N–H and O–H groups in total. The number of rotatable bonds is 1. The number of hydrogen-bond acceptors (Lipinski definition) is 2. The second-order valence-electron chi connectivity index (χ2n) is 3.03. The molecule has 0 spiro atoms. The first-order valence-corrected chi connectivity index (χ1v) is 4.32. The van der Waals surface area contributed by atoms with Crippen molar-refractivity contribution in [3.63, 3.8) is 0 Å². The van der Waals surface area contributed by atoms with Crippen molar-refractivity contribution in [3.05, 3.63) is 34.9 Å². The molecule has 0 unspecified atom stereocenters. The smallest absolute Gasteiger partial charge is 0.359 e. The predicted molar refractivity (Wildman–Crippen MR) is 52.9 cm³/mol. The van der Waals surface area contributed by atoms with E-state index in [1.165, 1.54) is 6.07 Å². The van der Waals surface area contributed by atoms with Gasteiger partial charge >= 0.3 is 6.18 Å². The van der Waals surface area contributed by atoms with Crippen molar-refractivity contribution in [2.24, 2.45) is 5.73 Å². The Kier molecular flexibility index (Phi) is 3.53.